The molecule has 3 heterocycles. The number of hydrogen-bond donors (Lipinski definition) is 1. The minimum Gasteiger partial charge on any atom is -0.384 e. The molecule has 0 bridgehead atoms. The fourth-order valence-electron chi connectivity index (χ4n) is 3.09. The zero-order valence-electron chi connectivity index (χ0n) is 16.8. The Morgan fingerprint density at radius 2 is 1.84 bits per heavy atom. The number of hydrogen-bond acceptors (Lipinski definition) is 7. The molecule has 0 aliphatic carbocycles. The average molecular weight is 454 g/mol. The lowest BCUT2D eigenvalue weighted by atomic mass is 10.1. The molecule has 31 heavy (non-hydrogen) atoms. The van der Waals surface area contributed by atoms with Crippen molar-refractivity contribution in [3.05, 3.63) is 36.3 Å². The van der Waals surface area contributed by atoms with Crippen molar-refractivity contribution in [2.75, 3.05) is 30.3 Å². The Hall–Kier alpha value is -2.91. The van der Waals surface area contributed by atoms with Crippen LogP contribution >= 0.6 is 0 Å². The first-order valence-corrected chi connectivity index (χ1v) is 10.8. The molecule has 1 aliphatic rings. The number of rotatable bonds is 4. The van der Waals surface area contributed by atoms with Gasteiger partial charge in [-0.1, -0.05) is 5.92 Å². The van der Waals surface area contributed by atoms with Crippen LogP contribution in [0, 0.1) is 11.8 Å². The topological polar surface area (TPSA) is 105 Å². The lowest BCUT2D eigenvalue weighted by molar-refractivity contribution is -0.146. The Bertz CT molecular complexity index is 1080. The molecule has 1 saturated heterocycles. The number of alkyl halides is 3. The van der Waals surface area contributed by atoms with E-state index < -0.39 is 28.2 Å². The van der Waals surface area contributed by atoms with Gasteiger partial charge in [0.15, 0.2) is 0 Å². The molecule has 2 unspecified atom stereocenters. The van der Waals surface area contributed by atoms with Crippen molar-refractivity contribution in [2.45, 2.75) is 36.9 Å². The van der Waals surface area contributed by atoms with Crippen molar-refractivity contribution in [2.24, 2.45) is 0 Å². The van der Waals surface area contributed by atoms with Crippen molar-refractivity contribution in [1.29, 1.82) is 0 Å². The van der Waals surface area contributed by atoms with E-state index in [1.54, 1.807) is 11.8 Å². The summed E-state index contributed by atoms with van der Waals surface area (Å²) >= 11 is 0. The van der Waals surface area contributed by atoms with E-state index in [-0.39, 0.29) is 41.9 Å². The summed E-state index contributed by atoms with van der Waals surface area (Å²) in [5.41, 5.74) is 5.48. The fraction of sp³-hybridized carbons (Fsp3) is 0.421. The van der Waals surface area contributed by atoms with Crippen LogP contribution in [0.5, 0.6) is 0 Å². The van der Waals surface area contributed by atoms with E-state index in [0.29, 0.717) is 0 Å². The molecule has 2 aromatic rings. The van der Waals surface area contributed by atoms with Gasteiger partial charge >= 0.3 is 6.18 Å². The maximum absolute atomic E-state index is 12.9. The minimum atomic E-state index is -4.39. The van der Waals surface area contributed by atoms with Crippen molar-refractivity contribution in [3.63, 3.8) is 0 Å². The Balaban J connectivity index is 1.82. The quantitative estimate of drug-likeness (QED) is 0.705. The number of aromatic nitrogens is 3. The molecule has 166 valence electrons. The monoisotopic (exact) mass is 454 g/mol. The number of halogens is 3. The summed E-state index contributed by atoms with van der Waals surface area (Å²) in [6.07, 6.45) is -0.917. The molecule has 0 spiro atoms. The largest absolute Gasteiger partial charge is 0.395 e. The van der Waals surface area contributed by atoms with E-state index in [1.807, 2.05) is 0 Å². The van der Waals surface area contributed by atoms with Crippen LogP contribution in [0.25, 0.3) is 0 Å². The van der Waals surface area contributed by atoms with Gasteiger partial charge in [0, 0.05) is 43.8 Å². The van der Waals surface area contributed by atoms with Gasteiger partial charge < -0.3 is 10.6 Å². The second-order valence-electron chi connectivity index (χ2n) is 6.97. The molecule has 3 rings (SSSR count). The first-order chi connectivity index (χ1) is 14.5. The second kappa shape index (κ2) is 8.68. The highest BCUT2D eigenvalue weighted by Crippen LogP contribution is 2.34. The summed E-state index contributed by atoms with van der Waals surface area (Å²) in [7, 11) is -3.81. The van der Waals surface area contributed by atoms with Crippen molar-refractivity contribution >= 4 is 21.8 Å². The molecule has 8 nitrogen and oxygen atoms in total. The summed E-state index contributed by atoms with van der Waals surface area (Å²) in [6, 6.07) is 2.22. The minimum absolute atomic E-state index is 0.0140. The van der Waals surface area contributed by atoms with Gasteiger partial charge in [-0.25, -0.2) is 23.4 Å². The van der Waals surface area contributed by atoms with Crippen molar-refractivity contribution < 1.29 is 21.6 Å². The Labute approximate surface area is 178 Å². The number of anilines is 2. The molecule has 0 amide bonds. The molecule has 2 N–H and O–H groups in total. The smallest absolute Gasteiger partial charge is 0.384 e. The number of pyridine rings is 1. The van der Waals surface area contributed by atoms with Crippen LogP contribution in [0.2, 0.25) is 0 Å². The van der Waals surface area contributed by atoms with Gasteiger partial charge in [-0.05, 0) is 26.0 Å². The van der Waals surface area contributed by atoms with Crippen LogP contribution < -0.4 is 10.6 Å². The van der Waals surface area contributed by atoms with E-state index in [9.17, 15) is 21.6 Å². The lowest BCUT2D eigenvalue weighted by Gasteiger charge is -2.38. The summed E-state index contributed by atoms with van der Waals surface area (Å²) in [6.45, 7) is 3.04. The van der Waals surface area contributed by atoms with Crippen molar-refractivity contribution in [3.8, 4) is 11.8 Å². The van der Waals surface area contributed by atoms with Gasteiger partial charge in [0.25, 0.3) is 0 Å². The van der Waals surface area contributed by atoms with Gasteiger partial charge in [-0.15, -0.1) is 5.92 Å². The van der Waals surface area contributed by atoms with Gasteiger partial charge in [0.2, 0.25) is 16.0 Å². The third-order valence-electron chi connectivity index (χ3n) is 4.96. The predicted molar refractivity (Wildman–Crippen MR) is 108 cm³/mol. The molecular formula is C19H21F3N6O2S. The van der Waals surface area contributed by atoms with Gasteiger partial charge in [0.1, 0.15) is 16.8 Å². The molecule has 1 fully saturated rings. The standard InChI is InChI=1S/C19H21F3N6O2S/c1-3-4-15-12-27(31(29,30)16-5-6-17(23)24-11-16)7-8-28(15)18-25-9-14(10-26-18)13(2)19(20,21)22/h5-6,9-11,13,15H,7-8,12H2,1-2H3,(H2,23,24). The van der Waals surface area contributed by atoms with E-state index in [0.717, 1.165) is 19.3 Å². The van der Waals surface area contributed by atoms with E-state index >= 15 is 0 Å². The van der Waals surface area contributed by atoms with Crippen LogP contribution in [0.1, 0.15) is 25.3 Å². The maximum atomic E-state index is 12.9. The number of piperazine rings is 1. The fourth-order valence-corrected chi connectivity index (χ4v) is 4.47. The van der Waals surface area contributed by atoms with Crippen LogP contribution in [-0.2, 0) is 10.0 Å². The summed E-state index contributed by atoms with van der Waals surface area (Å²) in [4.78, 5) is 13.7. The maximum Gasteiger partial charge on any atom is 0.395 e. The third kappa shape index (κ3) is 4.88. The third-order valence-corrected chi connectivity index (χ3v) is 6.81. The number of sulfonamides is 1. The lowest BCUT2D eigenvalue weighted by Crippen LogP contribution is -2.54. The zero-order valence-corrected chi connectivity index (χ0v) is 17.7. The van der Waals surface area contributed by atoms with Crippen molar-refractivity contribution in [1.82, 2.24) is 19.3 Å². The molecule has 0 radical (unpaired) electrons. The molecule has 2 aromatic heterocycles. The Kier molecular flexibility index (Phi) is 6.38. The highest BCUT2D eigenvalue weighted by molar-refractivity contribution is 7.89. The normalized spacial score (nSPS) is 18.9. The van der Waals surface area contributed by atoms with Crippen LogP contribution in [0.15, 0.2) is 35.6 Å². The van der Waals surface area contributed by atoms with Crippen LogP contribution in [-0.4, -0.2) is 59.5 Å². The summed E-state index contributed by atoms with van der Waals surface area (Å²) in [5.74, 6) is 4.40. The Morgan fingerprint density at radius 1 is 1.16 bits per heavy atom. The van der Waals surface area contributed by atoms with Crippen LogP contribution in [0.3, 0.4) is 0 Å². The molecule has 1 aliphatic heterocycles. The van der Waals surface area contributed by atoms with E-state index in [4.69, 9.17) is 5.73 Å². The SMILES string of the molecule is CC#CC1CN(S(=O)(=O)c2ccc(N)nc2)CCN1c1ncc(C(C)C(F)(F)F)cn1. The number of nitrogens with zero attached hydrogens (tertiary/aromatic N) is 5. The van der Waals surface area contributed by atoms with Gasteiger partial charge in [-0.3, -0.25) is 0 Å². The molecular weight excluding hydrogens is 433 g/mol. The van der Waals surface area contributed by atoms with Gasteiger partial charge in [-0.2, -0.15) is 17.5 Å². The Morgan fingerprint density at radius 3 is 2.39 bits per heavy atom. The first-order valence-electron chi connectivity index (χ1n) is 9.33. The predicted octanol–water partition coefficient (Wildman–Crippen LogP) is 2.02. The highest BCUT2D eigenvalue weighted by Gasteiger charge is 2.38. The molecule has 0 saturated carbocycles. The molecule has 2 atom stereocenters. The molecule has 12 heteroatoms. The number of nitrogens with two attached hydrogens (primary N) is 1. The summed E-state index contributed by atoms with van der Waals surface area (Å²) in [5, 5.41) is 0. The van der Waals surface area contributed by atoms with E-state index in [1.165, 1.54) is 22.6 Å². The second-order valence-corrected chi connectivity index (χ2v) is 8.90. The van der Waals surface area contributed by atoms with Gasteiger partial charge in [0.05, 0.1) is 5.92 Å². The zero-order chi connectivity index (χ0) is 22.8. The highest BCUT2D eigenvalue weighted by atomic mass is 32.2. The summed E-state index contributed by atoms with van der Waals surface area (Å²) < 4.78 is 65.9. The average Bonchev–Trinajstić information content (AvgIpc) is 2.73. The van der Waals surface area contributed by atoms with E-state index in [2.05, 4.69) is 26.8 Å². The molecule has 0 aromatic carbocycles. The van der Waals surface area contributed by atoms with Crippen LogP contribution in [0.4, 0.5) is 24.9 Å². The first kappa shape index (κ1) is 22.8. The number of nitrogen functional groups attached to an aromatic ring is 1.